The molecule has 0 saturated heterocycles. The number of aliphatic hydroxyl groups is 2. The fourth-order valence-corrected chi connectivity index (χ4v) is 9.27. The molecule has 2 N–H and O–H groups in total. The number of rotatable bonds is 6. The maximum Gasteiger partial charge on any atom is 0.178 e. The zero-order chi connectivity index (χ0) is 26.8. The molecular weight excluding hydrogens is 490 g/mol. The highest BCUT2D eigenvalue weighted by Gasteiger charge is 2.70. The van der Waals surface area contributed by atoms with Gasteiger partial charge in [0.05, 0.1) is 6.10 Å². The molecule has 1 aromatic rings. The smallest absolute Gasteiger partial charge is 0.178 e. The van der Waals surface area contributed by atoms with Crippen molar-refractivity contribution in [1.82, 2.24) is 9.65 Å². The number of pyridine rings is 1. The predicted molar refractivity (Wildman–Crippen MR) is 142 cm³/mol. The molecule has 8 heteroatoms. The number of carbonyl (C=O) groups is 2. The number of carbonyl (C=O) groups excluding carboxylic acids is 2. The Bertz CT molecular complexity index is 1140. The first-order chi connectivity index (χ1) is 17.5. The minimum absolute atomic E-state index is 0.00541. The van der Waals surface area contributed by atoms with Gasteiger partial charge in [0.2, 0.25) is 0 Å². The van der Waals surface area contributed by atoms with Crippen molar-refractivity contribution in [1.29, 1.82) is 0 Å². The Balaban J connectivity index is 1.50. The lowest BCUT2D eigenvalue weighted by Gasteiger charge is -2.65. The average Bonchev–Trinajstić information content (AvgIpc) is 3.13. The van der Waals surface area contributed by atoms with E-state index in [1.54, 1.807) is 12.3 Å². The monoisotopic (exact) mass is 528 g/mol. The van der Waals surface area contributed by atoms with Crippen LogP contribution >= 0.6 is 9.39 Å². The third-order valence-corrected chi connectivity index (χ3v) is 11.0. The van der Waals surface area contributed by atoms with Crippen LogP contribution < -0.4 is 0 Å². The predicted octanol–water partition coefficient (Wildman–Crippen LogP) is 3.69. The maximum atomic E-state index is 15.8. The normalized spacial score (nSPS) is 42.7. The average molecular weight is 529 g/mol. The molecule has 4 aliphatic rings. The molecule has 10 atom stereocenters. The largest absolute Gasteiger partial charge is 0.392 e. The number of ketones is 2. The van der Waals surface area contributed by atoms with Crippen LogP contribution in [-0.2, 0) is 16.1 Å². The van der Waals surface area contributed by atoms with Gasteiger partial charge < -0.3 is 10.2 Å². The van der Waals surface area contributed by atoms with Gasteiger partial charge in [-0.1, -0.05) is 42.3 Å². The van der Waals surface area contributed by atoms with Crippen LogP contribution in [0.15, 0.2) is 48.3 Å². The second kappa shape index (κ2) is 9.44. The molecule has 0 aliphatic heterocycles. The van der Waals surface area contributed by atoms with Crippen LogP contribution in [-0.4, -0.2) is 56.9 Å². The molecule has 1 heterocycles. The standard InChI is InChI=1S/C29H38FN2O4P/c1-27-12-25(36)29(3)21(11-23(30)22-10-19(34)6-7-28(22,29)2)20(27)9-18(26(27)24(35)16-33)15-32(37)14-17-5-4-8-31-13-17/h4-8,10,13,18,20-21,23,25-26,33,36H,9,11-12,14-16,37H2,1-3H3. The Labute approximate surface area is 220 Å². The first-order valence-electron chi connectivity index (χ1n) is 13.2. The molecule has 5 rings (SSSR count). The number of hydrogen-bond acceptors (Lipinski definition) is 6. The van der Waals surface area contributed by atoms with E-state index in [1.165, 1.54) is 12.2 Å². The van der Waals surface area contributed by atoms with Crippen molar-refractivity contribution < 1.29 is 24.2 Å². The van der Waals surface area contributed by atoms with Crippen molar-refractivity contribution in [3.63, 3.8) is 0 Å². The Morgan fingerprint density at radius 2 is 2.03 bits per heavy atom. The molecular formula is C29H38FN2O4P. The summed E-state index contributed by atoms with van der Waals surface area (Å²) in [6.45, 7) is 6.79. The summed E-state index contributed by atoms with van der Waals surface area (Å²) in [4.78, 5) is 29.6. The zero-order valence-electron chi connectivity index (χ0n) is 21.8. The molecule has 0 aromatic carbocycles. The van der Waals surface area contributed by atoms with E-state index >= 15 is 4.39 Å². The lowest BCUT2D eigenvalue weighted by atomic mass is 9.40. The molecule has 0 radical (unpaired) electrons. The van der Waals surface area contributed by atoms with Gasteiger partial charge in [-0.15, -0.1) is 0 Å². The highest BCUT2D eigenvalue weighted by Crippen LogP contribution is 2.72. The van der Waals surface area contributed by atoms with Crippen molar-refractivity contribution in [2.45, 2.75) is 58.9 Å². The summed E-state index contributed by atoms with van der Waals surface area (Å²) in [6.07, 6.45) is 7.58. The van der Waals surface area contributed by atoms with Gasteiger partial charge in [0, 0.05) is 42.2 Å². The Kier molecular flexibility index (Phi) is 6.84. The number of alkyl halides is 1. The van der Waals surface area contributed by atoms with Gasteiger partial charge in [-0.2, -0.15) is 0 Å². The molecule has 6 nitrogen and oxygen atoms in total. The van der Waals surface area contributed by atoms with Crippen LogP contribution in [0.3, 0.4) is 0 Å². The van der Waals surface area contributed by atoms with Gasteiger partial charge in [-0.05, 0) is 71.8 Å². The summed E-state index contributed by atoms with van der Waals surface area (Å²) in [5, 5.41) is 21.8. The van der Waals surface area contributed by atoms with E-state index in [1.807, 2.05) is 32.2 Å². The van der Waals surface area contributed by atoms with Gasteiger partial charge in [0.25, 0.3) is 0 Å². The van der Waals surface area contributed by atoms with E-state index in [0.717, 1.165) is 12.0 Å². The molecule has 4 aliphatic carbocycles. The van der Waals surface area contributed by atoms with Gasteiger partial charge in [-0.3, -0.25) is 19.2 Å². The molecule has 3 saturated carbocycles. The number of aliphatic hydroxyl groups excluding tert-OH is 2. The van der Waals surface area contributed by atoms with Gasteiger partial charge in [0.1, 0.15) is 12.8 Å². The van der Waals surface area contributed by atoms with E-state index < -0.39 is 41.0 Å². The van der Waals surface area contributed by atoms with Gasteiger partial charge in [-0.25, -0.2) is 4.39 Å². The molecule has 0 spiro atoms. The highest BCUT2D eigenvalue weighted by molar-refractivity contribution is 7.13. The van der Waals surface area contributed by atoms with Crippen LogP contribution in [0.4, 0.5) is 4.39 Å². The number of fused-ring (bicyclic) bond motifs is 5. The van der Waals surface area contributed by atoms with Crippen LogP contribution in [0.1, 0.15) is 45.6 Å². The maximum absolute atomic E-state index is 15.8. The minimum atomic E-state index is -1.28. The second-order valence-electron chi connectivity index (χ2n) is 12.4. The molecule has 0 bridgehead atoms. The summed E-state index contributed by atoms with van der Waals surface area (Å²) >= 11 is 0. The first-order valence-corrected chi connectivity index (χ1v) is 13.8. The number of allylic oxidation sites excluding steroid dienone is 4. The molecule has 3 fully saturated rings. The number of nitrogens with zero attached hydrogens (tertiary/aromatic N) is 2. The summed E-state index contributed by atoms with van der Waals surface area (Å²) in [6, 6.07) is 3.90. The number of aromatic nitrogens is 1. The SMILES string of the molecule is CC12CC(O)C3(C)C(CC(F)C4=CC(=O)C=CC43C)C1CC(CN(P)Cc1cccnc1)C2C(=O)CO. The lowest BCUT2D eigenvalue weighted by molar-refractivity contribution is -0.185. The van der Waals surface area contributed by atoms with Crippen LogP contribution in [0.5, 0.6) is 0 Å². The number of Topliss-reactive ketones (excluding diaryl/α,β-unsaturated/α-hetero) is 1. The first kappa shape index (κ1) is 26.8. The lowest BCUT2D eigenvalue weighted by Crippen LogP contribution is -2.64. The molecule has 0 amide bonds. The molecule has 10 unspecified atom stereocenters. The zero-order valence-corrected chi connectivity index (χ0v) is 23.0. The number of halogens is 1. The van der Waals surface area contributed by atoms with Gasteiger partial charge in [0.15, 0.2) is 11.6 Å². The molecule has 200 valence electrons. The van der Waals surface area contributed by atoms with E-state index in [2.05, 4.69) is 26.0 Å². The third kappa shape index (κ3) is 4.00. The minimum Gasteiger partial charge on any atom is -0.392 e. The second-order valence-corrected chi connectivity index (χ2v) is 13.1. The fraction of sp³-hybridized carbons (Fsp3) is 0.621. The van der Waals surface area contributed by atoms with E-state index in [4.69, 9.17) is 0 Å². The fourth-order valence-electron chi connectivity index (χ4n) is 8.79. The summed E-state index contributed by atoms with van der Waals surface area (Å²) in [5.41, 5.74) is -0.497. The summed E-state index contributed by atoms with van der Waals surface area (Å²) in [7, 11) is 2.76. The van der Waals surface area contributed by atoms with Crippen LogP contribution in [0.2, 0.25) is 0 Å². The summed E-state index contributed by atoms with van der Waals surface area (Å²) in [5.74, 6) is -1.05. The summed E-state index contributed by atoms with van der Waals surface area (Å²) < 4.78 is 17.9. The highest BCUT2D eigenvalue weighted by atomic mass is 31.0. The Morgan fingerprint density at radius 3 is 2.70 bits per heavy atom. The van der Waals surface area contributed by atoms with Crippen molar-refractivity contribution in [3.05, 3.63) is 53.9 Å². The van der Waals surface area contributed by atoms with Crippen molar-refractivity contribution in [2.24, 2.45) is 39.9 Å². The molecule has 1 aromatic heterocycles. The van der Waals surface area contributed by atoms with Crippen molar-refractivity contribution in [3.8, 4) is 0 Å². The van der Waals surface area contributed by atoms with Crippen molar-refractivity contribution in [2.75, 3.05) is 13.2 Å². The van der Waals surface area contributed by atoms with Crippen LogP contribution in [0.25, 0.3) is 0 Å². The Morgan fingerprint density at radius 1 is 1.27 bits per heavy atom. The van der Waals surface area contributed by atoms with E-state index in [-0.39, 0.29) is 35.7 Å². The third-order valence-electron chi connectivity index (χ3n) is 10.6. The van der Waals surface area contributed by atoms with Crippen LogP contribution in [0, 0.1) is 39.9 Å². The molecule has 37 heavy (non-hydrogen) atoms. The van der Waals surface area contributed by atoms with Crippen molar-refractivity contribution >= 4 is 21.0 Å². The number of hydrogen-bond donors (Lipinski definition) is 2. The van der Waals surface area contributed by atoms with Gasteiger partial charge >= 0.3 is 0 Å². The van der Waals surface area contributed by atoms with E-state index in [9.17, 15) is 19.8 Å². The quantitative estimate of drug-likeness (QED) is 0.548. The topological polar surface area (TPSA) is 90.7 Å². The van der Waals surface area contributed by atoms with E-state index in [0.29, 0.717) is 25.1 Å². The Hall–Kier alpha value is -1.79.